The third kappa shape index (κ3) is 3.84. The lowest BCUT2D eigenvalue weighted by Crippen LogP contribution is -2.37. The van der Waals surface area contributed by atoms with Gasteiger partial charge in [0, 0.05) is 0 Å². The number of amides is 1. The first-order valence-corrected chi connectivity index (χ1v) is 6.61. The first-order chi connectivity index (χ1) is 9.76. The summed E-state index contributed by atoms with van der Waals surface area (Å²) in [5.41, 5.74) is -0.124. The zero-order valence-corrected chi connectivity index (χ0v) is 12.3. The predicted molar refractivity (Wildman–Crippen MR) is 74.7 cm³/mol. The number of fused-ring (bicyclic) bond motifs is 1. The second-order valence-electron chi connectivity index (χ2n) is 5.67. The highest BCUT2D eigenvalue weighted by molar-refractivity contribution is 5.87. The summed E-state index contributed by atoms with van der Waals surface area (Å²) in [5.74, 6) is 0.208. The Balaban J connectivity index is 2.18. The van der Waals surface area contributed by atoms with Crippen LogP contribution in [0.1, 0.15) is 26.5 Å². The van der Waals surface area contributed by atoms with Gasteiger partial charge in [-0.05, 0) is 32.9 Å². The average molecular weight is 294 g/mol. The number of aromatic nitrogens is 1. The van der Waals surface area contributed by atoms with Gasteiger partial charge in [0.1, 0.15) is 12.2 Å². The van der Waals surface area contributed by atoms with Crippen molar-refractivity contribution in [3.63, 3.8) is 0 Å². The van der Waals surface area contributed by atoms with E-state index in [0.29, 0.717) is 11.4 Å². The molecule has 0 aliphatic carbocycles. The number of carbonyl (C=O) groups is 2. The second-order valence-corrected chi connectivity index (χ2v) is 5.67. The molecule has 0 saturated carbocycles. The summed E-state index contributed by atoms with van der Waals surface area (Å²) in [6, 6.07) is 3.26. The third-order valence-corrected chi connectivity index (χ3v) is 2.70. The smallest absolute Gasteiger partial charge is 0.413 e. The Morgan fingerprint density at radius 2 is 2.14 bits per heavy atom. The maximum atomic E-state index is 11.8. The lowest BCUT2D eigenvalue weighted by atomic mass is 10.2. The normalized spacial score (nSPS) is 14.1. The fraction of sp³-hybridized carbons (Fsp3) is 0.500. The van der Waals surface area contributed by atoms with Gasteiger partial charge < -0.3 is 14.6 Å². The summed E-state index contributed by atoms with van der Waals surface area (Å²) in [4.78, 5) is 28.3. The van der Waals surface area contributed by atoms with E-state index in [1.165, 1.54) is 0 Å². The summed E-state index contributed by atoms with van der Waals surface area (Å²) in [6.45, 7) is 5.85. The maximum absolute atomic E-state index is 11.8. The van der Waals surface area contributed by atoms with E-state index < -0.39 is 17.7 Å². The minimum Gasteiger partial charge on any atom is -0.488 e. The summed E-state index contributed by atoms with van der Waals surface area (Å²) in [6.07, 6.45) is -1.11. The van der Waals surface area contributed by atoms with Crippen molar-refractivity contribution in [1.29, 1.82) is 0 Å². The number of carboxylic acid groups (broad SMARTS) is 1. The Kier molecular flexibility index (Phi) is 4.02. The molecule has 0 spiro atoms. The van der Waals surface area contributed by atoms with Gasteiger partial charge in [-0.2, -0.15) is 0 Å². The molecule has 2 rings (SSSR count). The Labute approximate surface area is 122 Å². The Morgan fingerprint density at radius 3 is 2.76 bits per heavy atom. The molecule has 2 heterocycles. The molecule has 0 fully saturated rings. The van der Waals surface area contributed by atoms with Crippen molar-refractivity contribution in [3.05, 3.63) is 17.8 Å². The molecule has 7 nitrogen and oxygen atoms in total. The molecule has 1 amide bonds. The molecule has 0 saturated heterocycles. The topological polar surface area (TPSA) is 89.0 Å². The molecule has 1 aliphatic rings. The van der Waals surface area contributed by atoms with E-state index in [-0.39, 0.29) is 25.4 Å². The molecule has 1 N–H and O–H groups in total. The van der Waals surface area contributed by atoms with Crippen molar-refractivity contribution in [3.8, 4) is 5.75 Å². The molecule has 1 aliphatic heterocycles. The molecule has 7 heteroatoms. The van der Waals surface area contributed by atoms with Crippen LogP contribution in [-0.4, -0.2) is 40.9 Å². The van der Waals surface area contributed by atoms with Crippen LogP contribution in [0.15, 0.2) is 12.1 Å². The molecular weight excluding hydrogens is 276 g/mol. The fourth-order valence-corrected chi connectivity index (χ4v) is 1.94. The zero-order valence-electron chi connectivity index (χ0n) is 12.3. The first-order valence-electron chi connectivity index (χ1n) is 6.61. The van der Waals surface area contributed by atoms with Crippen LogP contribution < -0.4 is 9.64 Å². The van der Waals surface area contributed by atoms with E-state index in [4.69, 9.17) is 14.6 Å². The highest BCUT2D eigenvalue weighted by Crippen LogP contribution is 2.29. The molecule has 21 heavy (non-hydrogen) atoms. The van der Waals surface area contributed by atoms with Crippen LogP contribution in [0.25, 0.3) is 0 Å². The summed E-state index contributed by atoms with van der Waals surface area (Å²) < 4.78 is 10.6. The van der Waals surface area contributed by atoms with Crippen molar-refractivity contribution < 1.29 is 24.2 Å². The van der Waals surface area contributed by atoms with E-state index in [1.54, 1.807) is 32.9 Å². The van der Waals surface area contributed by atoms with E-state index in [2.05, 4.69) is 4.98 Å². The number of nitrogens with zero attached hydrogens (tertiary/aromatic N) is 2. The van der Waals surface area contributed by atoms with Crippen molar-refractivity contribution >= 4 is 17.9 Å². The molecule has 0 bridgehead atoms. The third-order valence-electron chi connectivity index (χ3n) is 2.70. The van der Waals surface area contributed by atoms with Crippen LogP contribution in [0.3, 0.4) is 0 Å². The molecule has 0 radical (unpaired) electrons. The van der Waals surface area contributed by atoms with E-state index >= 15 is 0 Å². The standard InChI is InChI=1S/C14H18N2O5/c1-14(2,3)21-11(17)8-9-4-5-10-12(15-9)16(13(18)19)6-7-20-10/h4-5H,6-8H2,1-3H3,(H,18,19). The van der Waals surface area contributed by atoms with Crippen molar-refractivity contribution in [2.24, 2.45) is 0 Å². The summed E-state index contributed by atoms with van der Waals surface area (Å²) >= 11 is 0. The molecule has 0 aromatic carbocycles. The number of hydrogen-bond acceptors (Lipinski definition) is 5. The maximum Gasteiger partial charge on any atom is 0.413 e. The van der Waals surface area contributed by atoms with Crippen LogP contribution in [0, 0.1) is 0 Å². The lowest BCUT2D eigenvalue weighted by Gasteiger charge is -2.26. The summed E-state index contributed by atoms with van der Waals surface area (Å²) in [5, 5.41) is 9.15. The van der Waals surface area contributed by atoms with E-state index in [0.717, 1.165) is 4.90 Å². The molecule has 1 aromatic rings. The van der Waals surface area contributed by atoms with Crippen LogP contribution >= 0.6 is 0 Å². The van der Waals surface area contributed by atoms with Crippen molar-refractivity contribution in [1.82, 2.24) is 4.98 Å². The molecule has 0 unspecified atom stereocenters. The molecule has 1 aromatic heterocycles. The number of ether oxygens (including phenoxy) is 2. The Hall–Kier alpha value is -2.31. The number of carbonyl (C=O) groups excluding carboxylic acids is 1. The Bertz CT molecular complexity index is 565. The number of rotatable bonds is 2. The molecule has 114 valence electrons. The number of esters is 1. The van der Waals surface area contributed by atoms with Gasteiger partial charge in [0.05, 0.1) is 18.7 Å². The number of hydrogen-bond donors (Lipinski definition) is 1. The average Bonchev–Trinajstić information content (AvgIpc) is 2.35. The first kappa shape index (κ1) is 15.1. The van der Waals surface area contributed by atoms with Gasteiger partial charge in [0.2, 0.25) is 0 Å². The highest BCUT2D eigenvalue weighted by atomic mass is 16.6. The van der Waals surface area contributed by atoms with Gasteiger partial charge in [-0.15, -0.1) is 0 Å². The highest BCUT2D eigenvalue weighted by Gasteiger charge is 2.26. The van der Waals surface area contributed by atoms with Gasteiger partial charge in [-0.3, -0.25) is 9.69 Å². The molecular formula is C14H18N2O5. The SMILES string of the molecule is CC(C)(C)OC(=O)Cc1ccc2c(n1)N(C(=O)O)CCO2. The minimum absolute atomic E-state index is 0.0159. The molecule has 0 atom stereocenters. The van der Waals surface area contributed by atoms with Crippen LogP contribution in [0.4, 0.5) is 10.6 Å². The largest absolute Gasteiger partial charge is 0.488 e. The minimum atomic E-state index is -1.10. The number of anilines is 1. The Morgan fingerprint density at radius 1 is 1.43 bits per heavy atom. The predicted octanol–water partition coefficient (Wildman–Crippen LogP) is 1.84. The van der Waals surface area contributed by atoms with Gasteiger partial charge in [-0.1, -0.05) is 0 Å². The van der Waals surface area contributed by atoms with Gasteiger partial charge in [0.25, 0.3) is 0 Å². The van der Waals surface area contributed by atoms with Gasteiger partial charge in [-0.25, -0.2) is 9.78 Å². The second kappa shape index (κ2) is 5.59. The van der Waals surface area contributed by atoms with Crippen LogP contribution in [-0.2, 0) is 16.0 Å². The fourth-order valence-electron chi connectivity index (χ4n) is 1.94. The van der Waals surface area contributed by atoms with Crippen molar-refractivity contribution in [2.45, 2.75) is 32.8 Å². The summed E-state index contributed by atoms with van der Waals surface area (Å²) in [7, 11) is 0. The van der Waals surface area contributed by atoms with Crippen molar-refractivity contribution in [2.75, 3.05) is 18.1 Å². The van der Waals surface area contributed by atoms with Gasteiger partial charge >= 0.3 is 12.1 Å². The number of pyridine rings is 1. The van der Waals surface area contributed by atoms with Crippen LogP contribution in [0.5, 0.6) is 5.75 Å². The quantitative estimate of drug-likeness (QED) is 0.837. The zero-order chi connectivity index (χ0) is 15.6. The monoisotopic (exact) mass is 294 g/mol. The van der Waals surface area contributed by atoms with Crippen LogP contribution in [0.2, 0.25) is 0 Å². The van der Waals surface area contributed by atoms with E-state index in [1.807, 2.05) is 0 Å². The van der Waals surface area contributed by atoms with Gasteiger partial charge in [0.15, 0.2) is 11.6 Å². The van der Waals surface area contributed by atoms with E-state index in [9.17, 15) is 9.59 Å². The lowest BCUT2D eigenvalue weighted by molar-refractivity contribution is -0.153.